The van der Waals surface area contributed by atoms with E-state index in [1.807, 2.05) is 6.07 Å². The lowest BCUT2D eigenvalue weighted by Gasteiger charge is -2.32. The van der Waals surface area contributed by atoms with Crippen molar-refractivity contribution in [1.29, 1.82) is 5.26 Å². The van der Waals surface area contributed by atoms with Gasteiger partial charge in [-0.15, -0.1) is 0 Å². The third kappa shape index (κ3) is 3.10. The van der Waals surface area contributed by atoms with Crippen molar-refractivity contribution in [2.45, 2.75) is 12.6 Å². The van der Waals surface area contributed by atoms with E-state index in [2.05, 4.69) is 5.32 Å². The van der Waals surface area contributed by atoms with Gasteiger partial charge in [0.05, 0.1) is 18.2 Å². The van der Waals surface area contributed by atoms with Crippen molar-refractivity contribution in [3.05, 3.63) is 35.1 Å². The smallest absolute Gasteiger partial charge is 0.322 e. The number of amides is 1. The van der Waals surface area contributed by atoms with Crippen molar-refractivity contribution in [2.24, 2.45) is 0 Å². The molecule has 1 aromatic carbocycles. The van der Waals surface area contributed by atoms with E-state index >= 15 is 0 Å². The molecule has 1 amide bonds. The Morgan fingerprint density at radius 1 is 1.55 bits per heavy atom. The molecule has 0 bridgehead atoms. The van der Waals surface area contributed by atoms with Crippen LogP contribution in [0.2, 0.25) is 0 Å². The highest BCUT2D eigenvalue weighted by atomic mass is 19.1. The number of piperazine rings is 1. The van der Waals surface area contributed by atoms with Crippen LogP contribution in [-0.4, -0.2) is 41.0 Å². The van der Waals surface area contributed by atoms with Gasteiger partial charge in [-0.1, -0.05) is 0 Å². The van der Waals surface area contributed by atoms with Gasteiger partial charge in [-0.05, 0) is 23.8 Å². The highest BCUT2D eigenvalue weighted by Crippen LogP contribution is 2.14. The maximum Gasteiger partial charge on any atom is 0.322 e. The van der Waals surface area contributed by atoms with E-state index in [1.165, 1.54) is 17.0 Å². The maximum atomic E-state index is 13.3. The van der Waals surface area contributed by atoms with Crippen molar-refractivity contribution in [3.63, 3.8) is 0 Å². The van der Waals surface area contributed by atoms with Gasteiger partial charge in [0.2, 0.25) is 5.91 Å². The van der Waals surface area contributed by atoms with Crippen LogP contribution in [0.3, 0.4) is 0 Å². The standard InChI is InChI=1S/C13H12FN3O3/c14-10-2-8(4-15)1-9(3-10)6-17-7-12(18)16-5-11(17)13(19)20/h1-3,11H,5-7H2,(H,16,18)(H,19,20). The molecule has 2 rings (SSSR count). The molecule has 104 valence electrons. The molecule has 1 atom stereocenters. The van der Waals surface area contributed by atoms with E-state index in [9.17, 15) is 14.0 Å². The summed E-state index contributed by atoms with van der Waals surface area (Å²) in [6.07, 6.45) is 0. The summed E-state index contributed by atoms with van der Waals surface area (Å²) in [5.41, 5.74) is 0.621. The number of carbonyl (C=O) groups is 2. The number of hydrogen-bond acceptors (Lipinski definition) is 4. The quantitative estimate of drug-likeness (QED) is 0.816. The van der Waals surface area contributed by atoms with E-state index in [0.717, 1.165) is 6.07 Å². The van der Waals surface area contributed by atoms with Crippen LogP contribution >= 0.6 is 0 Å². The lowest BCUT2D eigenvalue weighted by Crippen LogP contribution is -2.56. The van der Waals surface area contributed by atoms with E-state index in [4.69, 9.17) is 10.4 Å². The van der Waals surface area contributed by atoms with Crippen molar-refractivity contribution in [1.82, 2.24) is 10.2 Å². The molecule has 1 fully saturated rings. The SMILES string of the molecule is N#Cc1cc(F)cc(CN2CC(=O)NCC2C(=O)O)c1. The summed E-state index contributed by atoms with van der Waals surface area (Å²) in [6, 6.07) is 4.78. The minimum Gasteiger partial charge on any atom is -0.480 e. The van der Waals surface area contributed by atoms with E-state index < -0.39 is 17.8 Å². The molecule has 2 N–H and O–H groups in total. The van der Waals surface area contributed by atoms with Crippen LogP contribution in [0.15, 0.2) is 18.2 Å². The van der Waals surface area contributed by atoms with Crippen molar-refractivity contribution in [3.8, 4) is 6.07 Å². The van der Waals surface area contributed by atoms with Crippen LogP contribution in [0.5, 0.6) is 0 Å². The fourth-order valence-corrected chi connectivity index (χ4v) is 2.14. The van der Waals surface area contributed by atoms with Gasteiger partial charge in [0.25, 0.3) is 0 Å². The van der Waals surface area contributed by atoms with Gasteiger partial charge >= 0.3 is 5.97 Å². The number of carboxylic acid groups (broad SMARTS) is 1. The van der Waals surface area contributed by atoms with Crippen LogP contribution in [-0.2, 0) is 16.1 Å². The molecule has 1 aromatic rings. The molecule has 1 saturated heterocycles. The van der Waals surface area contributed by atoms with E-state index in [0.29, 0.717) is 5.56 Å². The number of aliphatic carboxylic acids is 1. The Labute approximate surface area is 114 Å². The molecule has 0 radical (unpaired) electrons. The molecule has 20 heavy (non-hydrogen) atoms. The molecular formula is C13H12FN3O3. The molecule has 0 spiro atoms. The molecule has 0 aliphatic carbocycles. The average molecular weight is 277 g/mol. The molecule has 1 aliphatic rings. The fraction of sp³-hybridized carbons (Fsp3) is 0.308. The zero-order valence-corrected chi connectivity index (χ0v) is 10.5. The summed E-state index contributed by atoms with van der Waals surface area (Å²) in [5, 5.41) is 20.4. The van der Waals surface area contributed by atoms with Crippen molar-refractivity contribution in [2.75, 3.05) is 13.1 Å². The van der Waals surface area contributed by atoms with Crippen molar-refractivity contribution < 1.29 is 19.1 Å². The highest BCUT2D eigenvalue weighted by molar-refractivity contribution is 5.83. The predicted octanol–water partition coefficient (Wildman–Crippen LogP) is 0.0824. The number of hydrogen-bond donors (Lipinski definition) is 2. The lowest BCUT2D eigenvalue weighted by atomic mass is 10.1. The summed E-state index contributed by atoms with van der Waals surface area (Å²) in [7, 11) is 0. The summed E-state index contributed by atoms with van der Waals surface area (Å²) >= 11 is 0. The van der Waals surface area contributed by atoms with Gasteiger partial charge < -0.3 is 10.4 Å². The van der Waals surface area contributed by atoms with Crippen molar-refractivity contribution >= 4 is 11.9 Å². The molecule has 1 heterocycles. The second-order valence-electron chi connectivity index (χ2n) is 4.52. The molecule has 1 unspecified atom stereocenters. The first-order valence-electron chi connectivity index (χ1n) is 5.92. The van der Waals surface area contributed by atoms with Crippen LogP contribution in [0.1, 0.15) is 11.1 Å². The molecule has 7 heteroatoms. The number of carboxylic acids is 1. The first-order chi connectivity index (χ1) is 9.49. The largest absolute Gasteiger partial charge is 0.480 e. The molecule has 0 aromatic heterocycles. The maximum absolute atomic E-state index is 13.3. The van der Waals surface area contributed by atoms with E-state index in [-0.39, 0.29) is 31.1 Å². The number of nitriles is 1. The Morgan fingerprint density at radius 2 is 2.30 bits per heavy atom. The molecular weight excluding hydrogens is 265 g/mol. The zero-order valence-electron chi connectivity index (χ0n) is 10.5. The Kier molecular flexibility index (Phi) is 3.96. The second-order valence-corrected chi connectivity index (χ2v) is 4.52. The van der Waals surface area contributed by atoms with Gasteiger partial charge in [-0.25, -0.2) is 4.39 Å². The van der Waals surface area contributed by atoms with Gasteiger partial charge in [-0.2, -0.15) is 5.26 Å². The van der Waals surface area contributed by atoms with Gasteiger partial charge in [0, 0.05) is 13.1 Å². The monoisotopic (exact) mass is 277 g/mol. The third-order valence-corrected chi connectivity index (χ3v) is 3.04. The highest BCUT2D eigenvalue weighted by Gasteiger charge is 2.31. The van der Waals surface area contributed by atoms with E-state index in [1.54, 1.807) is 0 Å². The van der Waals surface area contributed by atoms with Crippen LogP contribution < -0.4 is 5.32 Å². The van der Waals surface area contributed by atoms with Crippen LogP contribution in [0.25, 0.3) is 0 Å². The number of rotatable bonds is 3. The van der Waals surface area contributed by atoms with Gasteiger partial charge in [0.1, 0.15) is 11.9 Å². The minimum absolute atomic E-state index is 0.00852. The number of nitrogens with zero attached hydrogens (tertiary/aromatic N) is 2. The summed E-state index contributed by atoms with van der Waals surface area (Å²) in [5.74, 6) is -1.89. The van der Waals surface area contributed by atoms with Crippen LogP contribution in [0.4, 0.5) is 4.39 Å². The van der Waals surface area contributed by atoms with Crippen LogP contribution in [0, 0.1) is 17.1 Å². The fourth-order valence-electron chi connectivity index (χ4n) is 2.14. The Morgan fingerprint density at radius 3 is 2.95 bits per heavy atom. The zero-order chi connectivity index (χ0) is 14.7. The number of carbonyl (C=O) groups excluding carboxylic acids is 1. The Bertz CT molecular complexity index is 597. The summed E-state index contributed by atoms with van der Waals surface area (Å²) in [6.45, 7) is 0.0286. The number of nitrogens with one attached hydrogen (secondary N) is 1. The first-order valence-corrected chi connectivity index (χ1v) is 5.92. The number of halogens is 1. The summed E-state index contributed by atoms with van der Waals surface area (Å²) in [4.78, 5) is 23.9. The summed E-state index contributed by atoms with van der Waals surface area (Å²) < 4.78 is 13.3. The third-order valence-electron chi connectivity index (χ3n) is 3.04. The Balaban J connectivity index is 2.22. The molecule has 6 nitrogen and oxygen atoms in total. The topological polar surface area (TPSA) is 93.4 Å². The molecule has 1 aliphatic heterocycles. The minimum atomic E-state index is -1.05. The Hall–Kier alpha value is -2.46. The first kappa shape index (κ1) is 14.0. The average Bonchev–Trinajstić information content (AvgIpc) is 2.37. The predicted molar refractivity (Wildman–Crippen MR) is 66.0 cm³/mol. The normalized spacial score (nSPS) is 19.2. The van der Waals surface area contributed by atoms with Gasteiger partial charge in [-0.3, -0.25) is 14.5 Å². The second kappa shape index (κ2) is 5.67. The molecule has 0 saturated carbocycles. The number of benzene rings is 1. The lowest BCUT2D eigenvalue weighted by molar-refractivity contribution is -0.146. The van der Waals surface area contributed by atoms with Gasteiger partial charge in [0.15, 0.2) is 0 Å².